The number of carbonyl (C=O) groups is 1. The lowest BCUT2D eigenvalue weighted by Gasteiger charge is -2.04. The zero-order valence-electron chi connectivity index (χ0n) is 8.79. The van der Waals surface area contributed by atoms with Gasteiger partial charge in [-0.3, -0.25) is 4.79 Å². The summed E-state index contributed by atoms with van der Waals surface area (Å²) < 4.78 is 0. The number of hydrogen-bond acceptors (Lipinski definition) is 2. The Hall–Kier alpha value is -0.280. The van der Waals surface area contributed by atoms with E-state index in [4.69, 9.17) is 0 Å². The summed E-state index contributed by atoms with van der Waals surface area (Å²) in [5.74, 6) is 0.169. The molecule has 0 N–H and O–H groups in total. The van der Waals surface area contributed by atoms with Crippen molar-refractivity contribution in [1.29, 1.82) is 0 Å². The quantitative estimate of drug-likeness (QED) is 0.609. The molecule has 2 unspecified atom stereocenters. The Labute approximate surface area is 103 Å². The number of thioether (sulfide) groups is 1. The van der Waals surface area contributed by atoms with Crippen LogP contribution in [0, 0.1) is 0 Å². The lowest BCUT2D eigenvalue weighted by atomic mass is 10.0. The van der Waals surface area contributed by atoms with Crippen molar-refractivity contribution in [2.75, 3.05) is 0 Å². The molecular formula is C12H13BrOS. The van der Waals surface area contributed by atoms with E-state index < -0.39 is 0 Å². The summed E-state index contributed by atoms with van der Waals surface area (Å²) in [7, 11) is 0. The normalized spacial score (nSPS) is 21.1. The van der Waals surface area contributed by atoms with Crippen LogP contribution < -0.4 is 0 Å². The van der Waals surface area contributed by atoms with Gasteiger partial charge in [0.25, 0.3) is 0 Å². The van der Waals surface area contributed by atoms with E-state index in [0.29, 0.717) is 5.25 Å². The van der Waals surface area contributed by atoms with Crippen LogP contribution in [-0.2, 0) is 6.42 Å². The Morgan fingerprint density at radius 1 is 1.60 bits per heavy atom. The molecule has 0 saturated heterocycles. The fourth-order valence-corrected chi connectivity index (χ4v) is 3.21. The summed E-state index contributed by atoms with van der Waals surface area (Å²) in [6.07, 6.45) is 1.08. The summed E-state index contributed by atoms with van der Waals surface area (Å²) in [6, 6.07) is 6.06. The smallest absolute Gasteiger partial charge is 0.176 e. The number of ketones is 1. The number of fused-ring (bicyclic) bond motifs is 1. The lowest BCUT2D eigenvalue weighted by Crippen LogP contribution is -2.10. The van der Waals surface area contributed by atoms with Gasteiger partial charge >= 0.3 is 0 Å². The molecule has 1 aliphatic rings. The van der Waals surface area contributed by atoms with Crippen molar-refractivity contribution in [2.24, 2.45) is 0 Å². The molecule has 2 atom stereocenters. The Balaban J connectivity index is 2.31. The number of halogens is 1. The third-order valence-corrected chi connectivity index (χ3v) is 4.18. The van der Waals surface area contributed by atoms with Crippen molar-refractivity contribution in [3.05, 3.63) is 29.3 Å². The van der Waals surface area contributed by atoms with E-state index >= 15 is 0 Å². The molecule has 1 aromatic carbocycles. The molecule has 0 aromatic heterocycles. The number of hydrogen-bond donors (Lipinski definition) is 0. The van der Waals surface area contributed by atoms with Crippen molar-refractivity contribution < 1.29 is 4.79 Å². The van der Waals surface area contributed by atoms with E-state index in [1.165, 1.54) is 10.5 Å². The molecule has 1 nitrogen and oxygen atoms in total. The second-order valence-electron chi connectivity index (χ2n) is 3.94. The first-order valence-electron chi connectivity index (χ1n) is 5.06. The minimum absolute atomic E-state index is 0.0953. The van der Waals surface area contributed by atoms with E-state index in [1.54, 1.807) is 0 Å². The fraction of sp³-hybridized carbons (Fsp3) is 0.417. The first-order chi connectivity index (χ1) is 7.08. The minimum atomic E-state index is -0.0953. The molecule has 1 heterocycles. The first-order valence-corrected chi connectivity index (χ1v) is 6.85. The molecule has 15 heavy (non-hydrogen) atoms. The van der Waals surface area contributed by atoms with Gasteiger partial charge < -0.3 is 0 Å². The van der Waals surface area contributed by atoms with Gasteiger partial charge in [-0.15, -0.1) is 11.8 Å². The largest absolute Gasteiger partial charge is 0.293 e. The predicted molar refractivity (Wildman–Crippen MR) is 68.2 cm³/mol. The number of Topliss-reactive ketones (excluding diaryl/α,β-unsaturated/α-hetero) is 1. The third-order valence-electron chi connectivity index (χ3n) is 2.54. The van der Waals surface area contributed by atoms with Gasteiger partial charge in [-0.2, -0.15) is 0 Å². The molecule has 3 heteroatoms. The molecule has 2 rings (SSSR count). The third kappa shape index (κ3) is 2.28. The topological polar surface area (TPSA) is 17.1 Å². The zero-order valence-corrected chi connectivity index (χ0v) is 11.2. The molecule has 80 valence electrons. The Morgan fingerprint density at radius 3 is 3.00 bits per heavy atom. The van der Waals surface area contributed by atoms with Gasteiger partial charge in [0.2, 0.25) is 0 Å². The first kappa shape index (κ1) is 11.2. The fourth-order valence-electron chi connectivity index (χ4n) is 1.80. The Kier molecular flexibility index (Phi) is 3.21. The van der Waals surface area contributed by atoms with Crippen molar-refractivity contribution in [2.45, 2.75) is 35.2 Å². The maximum absolute atomic E-state index is 11.8. The molecule has 0 bridgehead atoms. The van der Waals surface area contributed by atoms with E-state index in [1.807, 2.05) is 30.8 Å². The van der Waals surface area contributed by atoms with Crippen LogP contribution in [0.5, 0.6) is 0 Å². The molecule has 0 saturated carbocycles. The molecule has 0 radical (unpaired) electrons. The summed E-state index contributed by atoms with van der Waals surface area (Å²) in [5, 5.41) is 0.645. The Bertz CT molecular complexity index is 401. The number of rotatable bonds is 2. The highest BCUT2D eigenvalue weighted by atomic mass is 79.9. The second kappa shape index (κ2) is 4.30. The van der Waals surface area contributed by atoms with E-state index in [-0.39, 0.29) is 10.6 Å². The van der Waals surface area contributed by atoms with Gasteiger partial charge in [-0.25, -0.2) is 0 Å². The number of carbonyl (C=O) groups excluding carboxylic acids is 1. The second-order valence-corrected chi connectivity index (χ2v) is 6.79. The average Bonchev–Trinajstić information content (AvgIpc) is 2.55. The summed E-state index contributed by atoms with van der Waals surface area (Å²) in [5.41, 5.74) is 2.15. The Morgan fingerprint density at radius 2 is 2.33 bits per heavy atom. The number of alkyl halides is 1. The summed E-state index contributed by atoms with van der Waals surface area (Å²) in [6.45, 7) is 4.09. The van der Waals surface area contributed by atoms with Gasteiger partial charge in [0.1, 0.15) is 0 Å². The summed E-state index contributed by atoms with van der Waals surface area (Å²) in [4.78, 5) is 13.0. The molecule has 0 aliphatic carbocycles. The molecule has 0 spiro atoms. The van der Waals surface area contributed by atoms with Crippen molar-refractivity contribution in [1.82, 2.24) is 0 Å². The highest BCUT2D eigenvalue weighted by Crippen LogP contribution is 2.37. The molecule has 0 fully saturated rings. The van der Waals surface area contributed by atoms with Crippen molar-refractivity contribution in [3.8, 4) is 0 Å². The van der Waals surface area contributed by atoms with Gasteiger partial charge in [0.05, 0.1) is 4.83 Å². The van der Waals surface area contributed by atoms with Crippen LogP contribution in [0.3, 0.4) is 0 Å². The standard InChI is InChI=1S/C12H13BrOS/c1-7-5-10-6-9(12(14)8(2)13)3-4-11(10)15-7/h3-4,6-8H,5H2,1-2H3. The van der Waals surface area contributed by atoms with Crippen LogP contribution in [0.4, 0.5) is 0 Å². The van der Waals surface area contributed by atoms with Crippen LogP contribution in [0.2, 0.25) is 0 Å². The van der Waals surface area contributed by atoms with Crippen LogP contribution in [0.15, 0.2) is 23.1 Å². The van der Waals surface area contributed by atoms with Crippen molar-refractivity contribution >= 4 is 33.5 Å². The zero-order chi connectivity index (χ0) is 11.0. The highest BCUT2D eigenvalue weighted by Gasteiger charge is 2.20. The maximum Gasteiger partial charge on any atom is 0.176 e. The molecular weight excluding hydrogens is 272 g/mol. The monoisotopic (exact) mass is 284 g/mol. The minimum Gasteiger partial charge on any atom is -0.293 e. The van der Waals surface area contributed by atoms with Crippen LogP contribution in [0.1, 0.15) is 29.8 Å². The van der Waals surface area contributed by atoms with E-state index in [2.05, 4.69) is 28.9 Å². The van der Waals surface area contributed by atoms with Crippen LogP contribution in [0.25, 0.3) is 0 Å². The molecule has 1 aromatic rings. The van der Waals surface area contributed by atoms with Gasteiger partial charge in [-0.1, -0.05) is 28.9 Å². The lowest BCUT2D eigenvalue weighted by molar-refractivity contribution is 0.0995. The molecule has 0 amide bonds. The number of benzene rings is 1. The summed E-state index contributed by atoms with van der Waals surface area (Å²) >= 11 is 5.21. The predicted octanol–water partition coefficient (Wildman–Crippen LogP) is 3.69. The van der Waals surface area contributed by atoms with E-state index in [9.17, 15) is 4.79 Å². The van der Waals surface area contributed by atoms with Gasteiger partial charge in [-0.05, 0) is 31.0 Å². The van der Waals surface area contributed by atoms with Gasteiger partial charge in [0.15, 0.2) is 5.78 Å². The van der Waals surface area contributed by atoms with Crippen LogP contribution >= 0.6 is 27.7 Å². The van der Waals surface area contributed by atoms with E-state index in [0.717, 1.165) is 12.0 Å². The SMILES string of the molecule is CC1Cc2cc(C(=O)C(C)Br)ccc2S1. The average molecular weight is 285 g/mol. The molecule has 1 aliphatic heterocycles. The maximum atomic E-state index is 11.8. The highest BCUT2D eigenvalue weighted by molar-refractivity contribution is 9.10. The van der Waals surface area contributed by atoms with Gasteiger partial charge in [0, 0.05) is 15.7 Å². The van der Waals surface area contributed by atoms with Crippen LogP contribution in [-0.4, -0.2) is 15.9 Å². The van der Waals surface area contributed by atoms with Crippen molar-refractivity contribution in [3.63, 3.8) is 0 Å².